The summed E-state index contributed by atoms with van der Waals surface area (Å²) in [6.45, 7) is 4.17. The fraction of sp³-hybridized carbons (Fsp3) is 0.409. The van der Waals surface area contributed by atoms with Crippen LogP contribution in [-0.2, 0) is 14.8 Å². The molecule has 1 aliphatic rings. The lowest BCUT2D eigenvalue weighted by Crippen LogP contribution is -2.50. The molecule has 2 aromatic rings. The zero-order valence-corrected chi connectivity index (χ0v) is 19.2. The third kappa shape index (κ3) is 5.11. The zero-order valence-electron chi connectivity index (χ0n) is 18.4. The minimum atomic E-state index is -4.03. The number of ether oxygens (including phenoxy) is 2. The van der Waals surface area contributed by atoms with Gasteiger partial charge in [0, 0.05) is 32.2 Å². The number of benzene rings is 2. The number of amides is 1. The monoisotopic (exact) mass is 447 g/mol. The molecule has 1 aliphatic heterocycles. The molecule has 0 saturated carbocycles. The zero-order chi connectivity index (χ0) is 22.6. The Balaban J connectivity index is 2.04. The molecule has 0 N–H and O–H groups in total. The summed E-state index contributed by atoms with van der Waals surface area (Å²) in [6.07, 6.45) is 0. The van der Waals surface area contributed by atoms with Crippen LogP contribution in [-0.4, -0.2) is 78.1 Å². The van der Waals surface area contributed by atoms with E-state index in [0.717, 1.165) is 23.0 Å². The number of carbonyl (C=O) groups is 1. The number of hydrogen-bond donors (Lipinski definition) is 0. The Hall–Kier alpha value is -2.78. The highest BCUT2D eigenvalue weighted by Crippen LogP contribution is 2.35. The molecule has 1 amide bonds. The van der Waals surface area contributed by atoms with Crippen molar-refractivity contribution < 1.29 is 22.7 Å². The summed E-state index contributed by atoms with van der Waals surface area (Å²) in [5.74, 6) is 0.545. The maximum atomic E-state index is 13.6. The predicted molar refractivity (Wildman–Crippen MR) is 119 cm³/mol. The molecule has 168 valence electrons. The van der Waals surface area contributed by atoms with Crippen LogP contribution in [0.15, 0.2) is 47.4 Å². The second kappa shape index (κ2) is 9.57. The Labute approximate surface area is 184 Å². The lowest BCUT2D eigenvalue weighted by atomic mass is 10.2. The number of carbonyl (C=O) groups excluding carboxylic acids is 1. The second-order valence-corrected chi connectivity index (χ2v) is 9.41. The first-order chi connectivity index (χ1) is 14.8. The van der Waals surface area contributed by atoms with Crippen LogP contribution in [0.25, 0.3) is 0 Å². The van der Waals surface area contributed by atoms with Crippen molar-refractivity contribution in [3.05, 3.63) is 48.0 Å². The van der Waals surface area contributed by atoms with Gasteiger partial charge in [0.15, 0.2) is 0 Å². The fourth-order valence-electron chi connectivity index (χ4n) is 3.41. The smallest absolute Gasteiger partial charge is 0.264 e. The summed E-state index contributed by atoms with van der Waals surface area (Å²) in [5.41, 5.74) is 1.20. The number of anilines is 1. The molecule has 0 aromatic heterocycles. The lowest BCUT2D eigenvalue weighted by Gasteiger charge is -2.34. The number of nitrogens with zero attached hydrogens (tertiary/aromatic N) is 3. The minimum absolute atomic E-state index is 0.106. The van der Waals surface area contributed by atoms with E-state index < -0.39 is 10.0 Å². The van der Waals surface area contributed by atoms with E-state index in [9.17, 15) is 13.2 Å². The number of methoxy groups -OCH3 is 2. The van der Waals surface area contributed by atoms with Gasteiger partial charge in [-0.05, 0) is 38.2 Å². The maximum absolute atomic E-state index is 13.6. The molecule has 0 radical (unpaired) electrons. The van der Waals surface area contributed by atoms with Crippen molar-refractivity contribution in [2.75, 3.05) is 58.3 Å². The van der Waals surface area contributed by atoms with Crippen LogP contribution >= 0.6 is 0 Å². The maximum Gasteiger partial charge on any atom is 0.264 e. The van der Waals surface area contributed by atoms with Crippen LogP contribution < -0.4 is 13.8 Å². The third-order valence-corrected chi connectivity index (χ3v) is 7.17. The molecule has 0 spiro atoms. The molecular weight excluding hydrogens is 418 g/mol. The lowest BCUT2D eigenvalue weighted by molar-refractivity contribution is -0.131. The van der Waals surface area contributed by atoms with Crippen molar-refractivity contribution in [3.8, 4) is 11.5 Å². The Bertz CT molecular complexity index is 1020. The number of likely N-dealkylation sites (N-methyl/N-ethyl adjacent to an activating group) is 1. The molecule has 0 aliphatic carbocycles. The highest BCUT2D eigenvalue weighted by atomic mass is 32.2. The van der Waals surface area contributed by atoms with Crippen molar-refractivity contribution >= 4 is 21.6 Å². The van der Waals surface area contributed by atoms with E-state index in [1.54, 1.807) is 47.4 Å². The van der Waals surface area contributed by atoms with Crippen molar-refractivity contribution in [2.24, 2.45) is 0 Å². The molecule has 1 fully saturated rings. The van der Waals surface area contributed by atoms with Crippen molar-refractivity contribution in [1.82, 2.24) is 9.80 Å². The average molecular weight is 448 g/mol. The molecular formula is C22H29N3O5S. The van der Waals surface area contributed by atoms with Gasteiger partial charge >= 0.3 is 0 Å². The minimum Gasteiger partial charge on any atom is -0.497 e. The molecule has 0 bridgehead atoms. The van der Waals surface area contributed by atoms with Gasteiger partial charge in [0.2, 0.25) is 5.91 Å². The van der Waals surface area contributed by atoms with Gasteiger partial charge in [0.1, 0.15) is 18.0 Å². The molecule has 9 heteroatoms. The van der Waals surface area contributed by atoms with Gasteiger partial charge in [-0.2, -0.15) is 0 Å². The van der Waals surface area contributed by atoms with Gasteiger partial charge in [-0.15, -0.1) is 0 Å². The van der Waals surface area contributed by atoms with E-state index in [1.807, 2.05) is 14.0 Å². The van der Waals surface area contributed by atoms with Crippen LogP contribution in [0.5, 0.6) is 11.5 Å². The number of hydrogen-bond acceptors (Lipinski definition) is 6. The topological polar surface area (TPSA) is 79.4 Å². The molecule has 1 saturated heterocycles. The van der Waals surface area contributed by atoms with E-state index in [0.29, 0.717) is 24.6 Å². The molecule has 2 aromatic carbocycles. The van der Waals surface area contributed by atoms with E-state index in [1.165, 1.54) is 14.2 Å². The highest BCUT2D eigenvalue weighted by Gasteiger charge is 2.32. The van der Waals surface area contributed by atoms with Crippen LogP contribution in [0.2, 0.25) is 0 Å². The number of aryl methyl sites for hydroxylation is 1. The van der Waals surface area contributed by atoms with Crippen molar-refractivity contribution in [2.45, 2.75) is 11.8 Å². The summed E-state index contributed by atoms with van der Waals surface area (Å²) in [5, 5.41) is 0. The van der Waals surface area contributed by atoms with Gasteiger partial charge in [0.05, 0.1) is 24.8 Å². The summed E-state index contributed by atoms with van der Waals surface area (Å²) in [4.78, 5) is 17.0. The Morgan fingerprint density at radius 1 is 1.00 bits per heavy atom. The summed E-state index contributed by atoms with van der Waals surface area (Å²) >= 11 is 0. The van der Waals surface area contributed by atoms with E-state index in [-0.39, 0.29) is 23.0 Å². The third-order valence-electron chi connectivity index (χ3n) is 5.40. The van der Waals surface area contributed by atoms with Crippen LogP contribution in [0.1, 0.15) is 5.56 Å². The second-order valence-electron chi connectivity index (χ2n) is 7.55. The molecule has 0 atom stereocenters. The van der Waals surface area contributed by atoms with E-state index >= 15 is 0 Å². The standard InChI is InChI=1S/C22H29N3O5S/c1-17-5-8-19(9-6-17)31(27,28)25(16-22(26)24-13-11-23(2)12-14-24)20-15-18(29-3)7-10-21(20)30-4/h5-10,15H,11-14,16H2,1-4H3. The molecule has 0 unspecified atom stereocenters. The van der Waals surface area contributed by atoms with Crippen LogP contribution in [0.4, 0.5) is 5.69 Å². The quantitative estimate of drug-likeness (QED) is 0.646. The number of sulfonamides is 1. The number of piperazine rings is 1. The van der Waals surface area contributed by atoms with Crippen LogP contribution in [0, 0.1) is 6.92 Å². The molecule has 3 rings (SSSR count). The molecule has 8 nitrogen and oxygen atoms in total. The first-order valence-electron chi connectivity index (χ1n) is 10.0. The van der Waals surface area contributed by atoms with Gasteiger partial charge in [-0.25, -0.2) is 8.42 Å². The Morgan fingerprint density at radius 2 is 1.65 bits per heavy atom. The van der Waals surface area contributed by atoms with Gasteiger partial charge in [0.25, 0.3) is 10.0 Å². The fourth-order valence-corrected chi connectivity index (χ4v) is 4.82. The van der Waals surface area contributed by atoms with E-state index in [2.05, 4.69) is 4.90 Å². The molecule has 31 heavy (non-hydrogen) atoms. The predicted octanol–water partition coefficient (Wildman–Crippen LogP) is 1.98. The SMILES string of the molecule is COc1ccc(OC)c(N(CC(=O)N2CCN(C)CC2)S(=O)(=O)c2ccc(C)cc2)c1. The van der Waals surface area contributed by atoms with Gasteiger partial charge < -0.3 is 19.3 Å². The average Bonchev–Trinajstić information content (AvgIpc) is 2.77. The van der Waals surface area contributed by atoms with Gasteiger partial charge in [-0.1, -0.05) is 17.7 Å². The first kappa shape index (κ1) is 22.9. The van der Waals surface area contributed by atoms with Crippen molar-refractivity contribution in [1.29, 1.82) is 0 Å². The molecule has 1 heterocycles. The van der Waals surface area contributed by atoms with Crippen LogP contribution in [0.3, 0.4) is 0 Å². The largest absolute Gasteiger partial charge is 0.497 e. The number of rotatable bonds is 7. The first-order valence-corrected chi connectivity index (χ1v) is 11.5. The van der Waals surface area contributed by atoms with Gasteiger partial charge in [-0.3, -0.25) is 9.10 Å². The normalized spacial score (nSPS) is 14.9. The summed E-state index contributed by atoms with van der Waals surface area (Å²) < 4.78 is 39.1. The van der Waals surface area contributed by atoms with Crippen molar-refractivity contribution in [3.63, 3.8) is 0 Å². The Kier molecular flexibility index (Phi) is 7.07. The van der Waals surface area contributed by atoms with E-state index in [4.69, 9.17) is 9.47 Å². The highest BCUT2D eigenvalue weighted by molar-refractivity contribution is 7.92. The summed E-state index contributed by atoms with van der Waals surface area (Å²) in [6, 6.07) is 11.4. The summed E-state index contributed by atoms with van der Waals surface area (Å²) in [7, 11) is 0.926. The Morgan fingerprint density at radius 3 is 2.23 bits per heavy atom.